The fraction of sp³-hybridized carbons (Fsp3) is 1.00. The molecule has 2 unspecified atom stereocenters. The second kappa shape index (κ2) is 3.38. The van der Waals surface area contributed by atoms with E-state index >= 15 is 0 Å². The first-order chi connectivity index (χ1) is 4.75. The van der Waals surface area contributed by atoms with Gasteiger partial charge >= 0.3 is 0 Å². The van der Waals surface area contributed by atoms with Gasteiger partial charge in [-0.3, -0.25) is 0 Å². The van der Waals surface area contributed by atoms with E-state index in [1.807, 2.05) is 0 Å². The molecule has 0 bridgehead atoms. The molecule has 1 aliphatic carbocycles. The Balaban J connectivity index is 2.42. The monoisotopic (exact) mass is 141 g/mol. The zero-order valence-electron chi connectivity index (χ0n) is 7.35. The number of nitrogens with one attached hydrogen (secondary N) is 1. The number of rotatable bonds is 2. The zero-order valence-corrected chi connectivity index (χ0v) is 7.35. The highest BCUT2D eigenvalue weighted by Gasteiger charge is 2.27. The van der Waals surface area contributed by atoms with Gasteiger partial charge in [0.1, 0.15) is 0 Å². The second-order valence-corrected chi connectivity index (χ2v) is 3.73. The lowest BCUT2D eigenvalue weighted by molar-refractivity contribution is 0.326. The van der Waals surface area contributed by atoms with Crippen LogP contribution in [-0.4, -0.2) is 13.1 Å². The zero-order chi connectivity index (χ0) is 7.56. The van der Waals surface area contributed by atoms with Crippen molar-refractivity contribution >= 4 is 0 Å². The third-order valence-corrected chi connectivity index (χ3v) is 2.80. The molecule has 0 aromatic heterocycles. The van der Waals surface area contributed by atoms with Gasteiger partial charge in [-0.05, 0) is 31.7 Å². The Morgan fingerprint density at radius 2 is 2.00 bits per heavy atom. The molecule has 1 fully saturated rings. The number of hydrogen-bond donors (Lipinski definition) is 1. The molecule has 0 spiro atoms. The first-order valence-corrected chi connectivity index (χ1v) is 4.43. The summed E-state index contributed by atoms with van der Waals surface area (Å²) in [7, 11) is 2.09. The van der Waals surface area contributed by atoms with Crippen LogP contribution < -0.4 is 5.32 Å². The van der Waals surface area contributed by atoms with Crippen LogP contribution in [0.4, 0.5) is 0 Å². The van der Waals surface area contributed by atoms with Gasteiger partial charge in [-0.2, -0.15) is 0 Å². The van der Waals surface area contributed by atoms with Gasteiger partial charge in [0, 0.05) is 6.04 Å². The molecular formula is C9H19N. The maximum absolute atomic E-state index is 3.40. The summed E-state index contributed by atoms with van der Waals surface area (Å²) in [6.45, 7) is 4.67. The van der Waals surface area contributed by atoms with E-state index in [9.17, 15) is 0 Å². The van der Waals surface area contributed by atoms with E-state index in [1.54, 1.807) is 0 Å². The lowest BCUT2D eigenvalue weighted by Crippen LogP contribution is -2.31. The molecular weight excluding hydrogens is 122 g/mol. The van der Waals surface area contributed by atoms with Crippen LogP contribution in [0.2, 0.25) is 0 Å². The first-order valence-electron chi connectivity index (χ1n) is 4.43. The summed E-state index contributed by atoms with van der Waals surface area (Å²) in [5.74, 6) is 1.80. The molecule has 2 atom stereocenters. The molecule has 1 heteroatoms. The molecule has 0 aromatic rings. The van der Waals surface area contributed by atoms with Crippen molar-refractivity contribution in [3.63, 3.8) is 0 Å². The Morgan fingerprint density at radius 1 is 1.30 bits per heavy atom. The van der Waals surface area contributed by atoms with Gasteiger partial charge in [-0.25, -0.2) is 0 Å². The SMILES string of the molecule is CNC1CCCC1C(C)C. The normalized spacial score (nSPS) is 33.6. The van der Waals surface area contributed by atoms with Crippen LogP contribution in [0.3, 0.4) is 0 Å². The summed E-state index contributed by atoms with van der Waals surface area (Å²) in [6.07, 6.45) is 4.25. The van der Waals surface area contributed by atoms with Crippen LogP contribution >= 0.6 is 0 Å². The molecule has 1 rings (SSSR count). The Labute approximate surface area is 64.2 Å². The van der Waals surface area contributed by atoms with Gasteiger partial charge in [0.2, 0.25) is 0 Å². The van der Waals surface area contributed by atoms with E-state index in [1.165, 1.54) is 19.3 Å². The second-order valence-electron chi connectivity index (χ2n) is 3.73. The van der Waals surface area contributed by atoms with Crippen LogP contribution in [0.1, 0.15) is 33.1 Å². The molecule has 0 aliphatic heterocycles. The average molecular weight is 141 g/mol. The fourth-order valence-electron chi connectivity index (χ4n) is 2.15. The van der Waals surface area contributed by atoms with Gasteiger partial charge in [-0.15, -0.1) is 0 Å². The standard InChI is InChI=1S/C9H19N/c1-7(2)8-5-4-6-9(8)10-3/h7-10H,4-6H2,1-3H3. The van der Waals surface area contributed by atoms with Crippen molar-refractivity contribution < 1.29 is 0 Å². The third kappa shape index (κ3) is 1.51. The van der Waals surface area contributed by atoms with Gasteiger partial charge < -0.3 is 5.32 Å². The summed E-state index contributed by atoms with van der Waals surface area (Å²) in [5.41, 5.74) is 0. The van der Waals surface area contributed by atoms with Crippen molar-refractivity contribution in [3.05, 3.63) is 0 Å². The molecule has 0 heterocycles. The van der Waals surface area contributed by atoms with Crippen LogP contribution in [0.15, 0.2) is 0 Å². The average Bonchev–Trinajstić information content (AvgIpc) is 2.33. The predicted octanol–water partition coefficient (Wildman–Crippen LogP) is 2.03. The van der Waals surface area contributed by atoms with Crippen molar-refractivity contribution in [1.82, 2.24) is 5.32 Å². The topological polar surface area (TPSA) is 12.0 Å². The summed E-state index contributed by atoms with van der Waals surface area (Å²) < 4.78 is 0. The summed E-state index contributed by atoms with van der Waals surface area (Å²) >= 11 is 0. The van der Waals surface area contributed by atoms with E-state index in [4.69, 9.17) is 0 Å². The Kier molecular flexibility index (Phi) is 2.72. The minimum atomic E-state index is 0.806. The molecule has 60 valence electrons. The van der Waals surface area contributed by atoms with Crippen molar-refractivity contribution in [2.24, 2.45) is 11.8 Å². The first kappa shape index (κ1) is 8.06. The Hall–Kier alpha value is -0.0400. The van der Waals surface area contributed by atoms with E-state index in [2.05, 4.69) is 26.2 Å². The molecule has 0 aromatic carbocycles. The van der Waals surface area contributed by atoms with Crippen molar-refractivity contribution in [2.45, 2.75) is 39.2 Å². The van der Waals surface area contributed by atoms with Gasteiger partial charge in [0.15, 0.2) is 0 Å². The third-order valence-electron chi connectivity index (χ3n) is 2.80. The number of hydrogen-bond acceptors (Lipinski definition) is 1. The molecule has 0 amide bonds. The van der Waals surface area contributed by atoms with Crippen molar-refractivity contribution in [1.29, 1.82) is 0 Å². The minimum Gasteiger partial charge on any atom is -0.317 e. The van der Waals surface area contributed by atoms with Gasteiger partial charge in [0.05, 0.1) is 0 Å². The van der Waals surface area contributed by atoms with Crippen molar-refractivity contribution in [3.8, 4) is 0 Å². The Bertz CT molecular complexity index is 98.9. The molecule has 0 saturated heterocycles. The van der Waals surface area contributed by atoms with Crippen LogP contribution in [-0.2, 0) is 0 Å². The van der Waals surface area contributed by atoms with Gasteiger partial charge in [0.25, 0.3) is 0 Å². The van der Waals surface area contributed by atoms with E-state index in [0.29, 0.717) is 0 Å². The smallest absolute Gasteiger partial charge is 0.00947 e. The summed E-state index contributed by atoms with van der Waals surface area (Å²) in [5, 5.41) is 3.40. The minimum absolute atomic E-state index is 0.806. The molecule has 1 aliphatic rings. The highest BCUT2D eigenvalue weighted by Crippen LogP contribution is 2.30. The molecule has 10 heavy (non-hydrogen) atoms. The molecule has 1 N–H and O–H groups in total. The van der Waals surface area contributed by atoms with Crippen LogP contribution in [0.5, 0.6) is 0 Å². The van der Waals surface area contributed by atoms with E-state index < -0.39 is 0 Å². The fourth-order valence-corrected chi connectivity index (χ4v) is 2.15. The predicted molar refractivity (Wildman–Crippen MR) is 45.0 cm³/mol. The maximum atomic E-state index is 3.40. The molecule has 1 nitrogen and oxygen atoms in total. The highest BCUT2D eigenvalue weighted by molar-refractivity contribution is 4.83. The summed E-state index contributed by atoms with van der Waals surface area (Å²) in [6, 6.07) is 0.806. The molecule has 1 saturated carbocycles. The Morgan fingerprint density at radius 3 is 2.40 bits per heavy atom. The largest absolute Gasteiger partial charge is 0.317 e. The van der Waals surface area contributed by atoms with E-state index in [-0.39, 0.29) is 0 Å². The maximum Gasteiger partial charge on any atom is 0.00947 e. The quantitative estimate of drug-likeness (QED) is 0.620. The highest BCUT2D eigenvalue weighted by atomic mass is 14.9. The summed E-state index contributed by atoms with van der Waals surface area (Å²) in [4.78, 5) is 0. The van der Waals surface area contributed by atoms with Gasteiger partial charge in [-0.1, -0.05) is 20.3 Å². The van der Waals surface area contributed by atoms with Crippen LogP contribution in [0, 0.1) is 11.8 Å². The lowest BCUT2D eigenvalue weighted by Gasteiger charge is -2.22. The van der Waals surface area contributed by atoms with E-state index in [0.717, 1.165) is 17.9 Å². The molecule has 0 radical (unpaired) electrons. The van der Waals surface area contributed by atoms with Crippen molar-refractivity contribution in [2.75, 3.05) is 7.05 Å². The van der Waals surface area contributed by atoms with Crippen LogP contribution in [0.25, 0.3) is 0 Å². The lowest BCUT2D eigenvalue weighted by atomic mass is 9.91.